The Morgan fingerprint density at radius 1 is 1.44 bits per heavy atom. The van der Waals surface area contributed by atoms with Crippen molar-refractivity contribution in [1.82, 2.24) is 14.9 Å². The molecule has 1 rings (SSSR count). The van der Waals surface area contributed by atoms with Gasteiger partial charge in [0, 0.05) is 12.3 Å². The summed E-state index contributed by atoms with van der Waals surface area (Å²) in [6.45, 7) is 7.47. The number of nitrogens with zero attached hydrogens (tertiary/aromatic N) is 3. The lowest BCUT2D eigenvalue weighted by Gasteiger charge is -2.17. The molecule has 6 heteroatoms. The second-order valence-corrected chi connectivity index (χ2v) is 4.75. The van der Waals surface area contributed by atoms with E-state index in [1.807, 2.05) is 0 Å². The Hall–Kier alpha value is -0.520. The zero-order chi connectivity index (χ0) is 12.0. The van der Waals surface area contributed by atoms with Crippen LogP contribution in [0.15, 0.2) is 11.2 Å². The van der Waals surface area contributed by atoms with Gasteiger partial charge >= 0.3 is 0 Å². The topological polar surface area (TPSA) is 55.0 Å². The largest absolute Gasteiger partial charge is 0.368 e. The predicted molar refractivity (Wildman–Crippen MR) is 70.0 cm³/mol. The first kappa shape index (κ1) is 13.5. The van der Waals surface area contributed by atoms with Crippen molar-refractivity contribution in [1.29, 1.82) is 0 Å². The number of hydrogen-bond donors (Lipinski definition) is 1. The van der Waals surface area contributed by atoms with Gasteiger partial charge in [0.15, 0.2) is 0 Å². The summed E-state index contributed by atoms with van der Waals surface area (Å²) >= 11 is 7.58. The van der Waals surface area contributed by atoms with Crippen LogP contribution in [0.3, 0.4) is 0 Å². The van der Waals surface area contributed by atoms with E-state index in [1.165, 1.54) is 0 Å². The summed E-state index contributed by atoms with van der Waals surface area (Å²) in [6.07, 6.45) is 1.55. The molecule has 90 valence electrons. The number of hydrogen-bond acceptors (Lipinski definition) is 5. The van der Waals surface area contributed by atoms with Gasteiger partial charge in [0.2, 0.25) is 5.95 Å². The van der Waals surface area contributed by atoms with Crippen molar-refractivity contribution < 1.29 is 0 Å². The molecular formula is C10H17ClN4S. The molecule has 0 bridgehead atoms. The van der Waals surface area contributed by atoms with Crippen molar-refractivity contribution >= 4 is 29.3 Å². The van der Waals surface area contributed by atoms with E-state index in [1.54, 1.807) is 18.0 Å². The van der Waals surface area contributed by atoms with E-state index in [0.29, 0.717) is 5.02 Å². The van der Waals surface area contributed by atoms with Gasteiger partial charge in [0.1, 0.15) is 5.03 Å². The summed E-state index contributed by atoms with van der Waals surface area (Å²) in [5, 5.41) is 1.33. The van der Waals surface area contributed by atoms with Crippen molar-refractivity contribution in [2.24, 2.45) is 0 Å². The molecular weight excluding hydrogens is 244 g/mol. The van der Waals surface area contributed by atoms with E-state index in [9.17, 15) is 0 Å². The van der Waals surface area contributed by atoms with Gasteiger partial charge in [0.25, 0.3) is 0 Å². The predicted octanol–water partition coefficient (Wildman–Crippen LogP) is 2.15. The number of rotatable bonds is 6. The molecule has 0 aliphatic rings. The van der Waals surface area contributed by atoms with E-state index < -0.39 is 0 Å². The first-order valence-corrected chi connectivity index (χ1v) is 6.66. The number of halogens is 1. The maximum Gasteiger partial charge on any atom is 0.221 e. The molecule has 0 aromatic carbocycles. The van der Waals surface area contributed by atoms with Gasteiger partial charge < -0.3 is 10.6 Å². The van der Waals surface area contributed by atoms with Crippen LogP contribution in [0.1, 0.15) is 13.8 Å². The van der Waals surface area contributed by atoms with Crippen LogP contribution in [-0.2, 0) is 0 Å². The smallest absolute Gasteiger partial charge is 0.221 e. The fourth-order valence-corrected chi connectivity index (χ4v) is 2.42. The number of nitrogens with two attached hydrogens (primary N) is 1. The zero-order valence-corrected chi connectivity index (χ0v) is 11.2. The fraction of sp³-hybridized carbons (Fsp3) is 0.600. The van der Waals surface area contributed by atoms with Crippen LogP contribution >= 0.6 is 23.4 Å². The van der Waals surface area contributed by atoms with Crippen LogP contribution in [0.2, 0.25) is 5.02 Å². The highest BCUT2D eigenvalue weighted by Crippen LogP contribution is 2.24. The third-order valence-corrected chi connectivity index (χ3v) is 3.63. The molecule has 0 atom stereocenters. The van der Waals surface area contributed by atoms with Gasteiger partial charge in [-0.25, -0.2) is 9.97 Å². The van der Waals surface area contributed by atoms with Gasteiger partial charge in [-0.15, -0.1) is 11.8 Å². The minimum absolute atomic E-state index is 0.273. The lowest BCUT2D eigenvalue weighted by Crippen LogP contribution is -2.25. The quantitative estimate of drug-likeness (QED) is 0.627. The Bertz CT molecular complexity index is 331. The molecule has 0 fully saturated rings. The summed E-state index contributed by atoms with van der Waals surface area (Å²) < 4.78 is 0. The maximum absolute atomic E-state index is 5.96. The summed E-state index contributed by atoms with van der Waals surface area (Å²) in [6, 6.07) is 0. The Morgan fingerprint density at radius 2 is 2.12 bits per heavy atom. The molecule has 2 N–H and O–H groups in total. The first-order chi connectivity index (χ1) is 7.67. The van der Waals surface area contributed by atoms with Gasteiger partial charge in [-0.05, 0) is 13.1 Å². The molecule has 0 amide bonds. The molecule has 0 saturated carbocycles. The van der Waals surface area contributed by atoms with E-state index in [4.69, 9.17) is 17.3 Å². The van der Waals surface area contributed by atoms with Crippen molar-refractivity contribution in [3.63, 3.8) is 0 Å². The van der Waals surface area contributed by atoms with E-state index in [-0.39, 0.29) is 5.95 Å². The maximum atomic E-state index is 5.96. The van der Waals surface area contributed by atoms with Crippen LogP contribution in [0.5, 0.6) is 0 Å². The standard InChI is InChI=1S/C10H17ClN4S/c1-3-15(4-2)5-6-16-9-8(11)7-13-10(12)14-9/h7H,3-6H2,1-2H3,(H2,12,13,14). The lowest BCUT2D eigenvalue weighted by atomic mass is 10.5. The highest BCUT2D eigenvalue weighted by molar-refractivity contribution is 7.99. The van der Waals surface area contributed by atoms with Crippen molar-refractivity contribution in [2.45, 2.75) is 18.9 Å². The average molecular weight is 261 g/mol. The van der Waals surface area contributed by atoms with E-state index in [2.05, 4.69) is 28.7 Å². The zero-order valence-electron chi connectivity index (χ0n) is 9.61. The van der Waals surface area contributed by atoms with E-state index >= 15 is 0 Å². The number of nitrogen functional groups attached to an aromatic ring is 1. The molecule has 0 unspecified atom stereocenters. The summed E-state index contributed by atoms with van der Waals surface area (Å²) in [4.78, 5) is 10.3. The molecule has 0 aliphatic heterocycles. The summed E-state index contributed by atoms with van der Waals surface area (Å²) in [7, 11) is 0. The van der Waals surface area contributed by atoms with Gasteiger partial charge in [-0.1, -0.05) is 25.4 Å². The highest BCUT2D eigenvalue weighted by Gasteiger charge is 2.05. The SMILES string of the molecule is CCN(CC)CCSc1nc(N)ncc1Cl. The first-order valence-electron chi connectivity index (χ1n) is 5.30. The monoisotopic (exact) mass is 260 g/mol. The third-order valence-electron chi connectivity index (χ3n) is 2.27. The normalized spacial score (nSPS) is 11.0. The highest BCUT2D eigenvalue weighted by atomic mass is 35.5. The van der Waals surface area contributed by atoms with E-state index in [0.717, 1.165) is 30.4 Å². The molecule has 0 aliphatic carbocycles. The molecule has 0 radical (unpaired) electrons. The molecule has 1 aromatic heterocycles. The summed E-state index contributed by atoms with van der Waals surface area (Å²) in [5.41, 5.74) is 5.51. The van der Waals surface area contributed by atoms with Crippen LogP contribution in [0, 0.1) is 0 Å². The molecule has 1 aromatic rings. The lowest BCUT2D eigenvalue weighted by molar-refractivity contribution is 0.324. The van der Waals surface area contributed by atoms with Crippen molar-refractivity contribution in [3.8, 4) is 0 Å². The molecule has 1 heterocycles. The van der Waals surface area contributed by atoms with Crippen LogP contribution in [0.25, 0.3) is 0 Å². The van der Waals surface area contributed by atoms with Crippen molar-refractivity contribution in [3.05, 3.63) is 11.2 Å². The summed E-state index contributed by atoms with van der Waals surface area (Å²) in [5.74, 6) is 1.23. The average Bonchev–Trinajstić information content (AvgIpc) is 2.29. The number of anilines is 1. The van der Waals surface area contributed by atoms with Crippen LogP contribution in [-0.4, -0.2) is 40.3 Å². The minimum atomic E-state index is 0.273. The Morgan fingerprint density at radius 3 is 2.75 bits per heavy atom. The molecule has 4 nitrogen and oxygen atoms in total. The Kier molecular flexibility index (Phi) is 5.87. The molecule has 0 saturated heterocycles. The molecule has 16 heavy (non-hydrogen) atoms. The van der Waals surface area contributed by atoms with Crippen molar-refractivity contribution in [2.75, 3.05) is 31.1 Å². The van der Waals surface area contributed by atoms with Gasteiger partial charge in [0.05, 0.1) is 11.2 Å². The Balaban J connectivity index is 2.45. The van der Waals surface area contributed by atoms with Crippen LogP contribution < -0.4 is 5.73 Å². The van der Waals surface area contributed by atoms with Gasteiger partial charge in [-0.2, -0.15) is 0 Å². The second-order valence-electron chi connectivity index (χ2n) is 3.26. The Labute approximate surface area is 106 Å². The number of aromatic nitrogens is 2. The third kappa shape index (κ3) is 4.15. The minimum Gasteiger partial charge on any atom is -0.368 e. The number of thioether (sulfide) groups is 1. The van der Waals surface area contributed by atoms with Crippen LogP contribution in [0.4, 0.5) is 5.95 Å². The second kappa shape index (κ2) is 6.93. The fourth-order valence-electron chi connectivity index (χ4n) is 1.28. The van der Waals surface area contributed by atoms with Gasteiger partial charge in [-0.3, -0.25) is 0 Å². The molecule has 0 spiro atoms.